The van der Waals surface area contributed by atoms with Gasteiger partial charge in [0.25, 0.3) is 0 Å². The summed E-state index contributed by atoms with van der Waals surface area (Å²) in [5, 5.41) is 13.4. The van der Waals surface area contributed by atoms with Gasteiger partial charge in [0.2, 0.25) is 11.7 Å². The third kappa shape index (κ3) is 6.28. The molecule has 1 aromatic heterocycles. The van der Waals surface area contributed by atoms with E-state index in [1.54, 1.807) is 22.8 Å². The van der Waals surface area contributed by atoms with Gasteiger partial charge in [0.15, 0.2) is 11.6 Å². The third-order valence-corrected chi connectivity index (χ3v) is 6.78. The Hall–Kier alpha value is -3.03. The number of halogens is 4. The van der Waals surface area contributed by atoms with Crippen LogP contribution in [-0.4, -0.2) is 77.4 Å². The number of aliphatic hydroxyl groups is 1. The molecule has 13 heteroatoms. The fourth-order valence-corrected chi connectivity index (χ4v) is 4.89. The first-order valence-electron chi connectivity index (χ1n) is 12.0. The number of anilines is 2. The zero-order chi connectivity index (χ0) is 26.7. The van der Waals surface area contributed by atoms with E-state index in [0.29, 0.717) is 18.5 Å². The van der Waals surface area contributed by atoms with Crippen LogP contribution in [0.2, 0.25) is 0 Å². The molecular formula is C24H30F4N6O3. The third-order valence-electron chi connectivity index (χ3n) is 6.78. The number of aromatic nitrogens is 2. The maximum absolute atomic E-state index is 15.7. The van der Waals surface area contributed by atoms with E-state index in [-0.39, 0.29) is 56.4 Å². The molecule has 4 atom stereocenters. The minimum Gasteiger partial charge on any atom is -0.391 e. The number of likely N-dealkylation sites (tertiary alicyclic amines) is 1. The van der Waals surface area contributed by atoms with E-state index < -0.39 is 35.6 Å². The van der Waals surface area contributed by atoms with Crippen molar-refractivity contribution in [3.05, 3.63) is 47.5 Å². The van der Waals surface area contributed by atoms with Crippen molar-refractivity contribution in [2.24, 2.45) is 11.7 Å². The summed E-state index contributed by atoms with van der Waals surface area (Å²) in [6.07, 6.45) is -3.49. The van der Waals surface area contributed by atoms with Crippen molar-refractivity contribution in [1.82, 2.24) is 14.9 Å². The summed E-state index contributed by atoms with van der Waals surface area (Å²) >= 11 is 0. The molecular weight excluding hydrogens is 496 g/mol. The number of primary amides is 1. The number of nitrogens with two attached hydrogens (primary N) is 1. The lowest BCUT2D eigenvalue weighted by Crippen LogP contribution is -2.48. The lowest BCUT2D eigenvalue weighted by Gasteiger charge is -2.41. The van der Waals surface area contributed by atoms with Gasteiger partial charge >= 0.3 is 6.18 Å². The molecule has 0 aliphatic carbocycles. The number of nitrogens with one attached hydrogen (secondary N) is 1. The summed E-state index contributed by atoms with van der Waals surface area (Å²) in [4.78, 5) is 22.7. The molecule has 9 nitrogen and oxygen atoms in total. The monoisotopic (exact) mass is 526 g/mol. The molecule has 202 valence electrons. The first-order valence-corrected chi connectivity index (χ1v) is 12.0. The largest absolute Gasteiger partial charge is 0.416 e. The zero-order valence-corrected chi connectivity index (χ0v) is 20.3. The van der Waals surface area contributed by atoms with E-state index >= 15 is 4.39 Å². The molecule has 2 saturated heterocycles. The Morgan fingerprint density at radius 2 is 2.08 bits per heavy atom. The van der Waals surface area contributed by atoms with Crippen LogP contribution in [-0.2, 0) is 15.7 Å². The highest BCUT2D eigenvalue weighted by molar-refractivity contribution is 5.75. The molecule has 0 radical (unpaired) electrons. The molecule has 2 aliphatic heterocycles. The summed E-state index contributed by atoms with van der Waals surface area (Å²) in [6.45, 7) is 3.22. The van der Waals surface area contributed by atoms with E-state index in [4.69, 9.17) is 10.5 Å². The summed E-state index contributed by atoms with van der Waals surface area (Å²) < 4.78 is 61.2. The van der Waals surface area contributed by atoms with Crippen LogP contribution in [0.5, 0.6) is 0 Å². The maximum atomic E-state index is 15.7. The first kappa shape index (κ1) is 27.0. The minimum absolute atomic E-state index is 0.0486. The summed E-state index contributed by atoms with van der Waals surface area (Å²) in [5.74, 6) is -1.54. The summed E-state index contributed by atoms with van der Waals surface area (Å²) in [6, 6.07) is 3.84. The van der Waals surface area contributed by atoms with Gasteiger partial charge in [0.1, 0.15) is 6.33 Å². The summed E-state index contributed by atoms with van der Waals surface area (Å²) in [5.41, 5.74) is 4.76. The van der Waals surface area contributed by atoms with Crippen LogP contribution in [0.1, 0.15) is 30.5 Å². The highest BCUT2D eigenvalue weighted by Gasteiger charge is 2.36. The zero-order valence-electron chi connectivity index (χ0n) is 20.3. The number of ether oxygens (including phenoxy) is 1. The number of benzene rings is 1. The number of morpholine rings is 1. The Morgan fingerprint density at radius 3 is 2.78 bits per heavy atom. The Balaban J connectivity index is 1.52. The van der Waals surface area contributed by atoms with Crippen LogP contribution in [0.25, 0.3) is 0 Å². The highest BCUT2D eigenvalue weighted by atomic mass is 19.4. The molecule has 2 aliphatic rings. The molecule has 37 heavy (non-hydrogen) atoms. The number of hydrogen-bond acceptors (Lipinski definition) is 8. The van der Waals surface area contributed by atoms with Crippen molar-refractivity contribution in [2.45, 2.75) is 37.7 Å². The second-order valence-electron chi connectivity index (χ2n) is 9.49. The van der Waals surface area contributed by atoms with Crippen LogP contribution >= 0.6 is 0 Å². The van der Waals surface area contributed by atoms with Crippen LogP contribution in [0.3, 0.4) is 0 Å². The molecule has 4 rings (SSSR count). The van der Waals surface area contributed by atoms with Gasteiger partial charge in [0.05, 0.1) is 43.5 Å². The predicted octanol–water partition coefficient (Wildman–Crippen LogP) is 2.18. The van der Waals surface area contributed by atoms with Crippen LogP contribution in [0, 0.1) is 11.7 Å². The number of aliphatic hydroxyl groups excluding tert-OH is 1. The predicted molar refractivity (Wildman–Crippen MR) is 127 cm³/mol. The van der Waals surface area contributed by atoms with Crippen LogP contribution < -0.4 is 16.0 Å². The van der Waals surface area contributed by atoms with Crippen molar-refractivity contribution in [2.75, 3.05) is 49.6 Å². The normalized spacial score (nSPS) is 25.2. The van der Waals surface area contributed by atoms with Crippen molar-refractivity contribution < 1.29 is 32.2 Å². The van der Waals surface area contributed by atoms with Crippen molar-refractivity contribution in [3.8, 4) is 0 Å². The van der Waals surface area contributed by atoms with Gasteiger partial charge in [-0.15, -0.1) is 0 Å². The Bertz CT molecular complexity index is 1100. The standard InChI is InChI=1S/C24H30F4N6O3/c1-14-11-37-12-18(15-3-2-4-17(7-15)24(26,27)28)34(14)23-21(25)22(31-13-32-23)30-8-16-5-6-33(9-19(16)35)10-20(29)36/h2-4,7,13-14,16,18-19,35H,5-6,8-12H2,1H3,(H2,29,36)(H,30,31,32). The molecule has 3 heterocycles. The number of amides is 1. The van der Waals surface area contributed by atoms with Crippen molar-refractivity contribution >= 4 is 17.5 Å². The van der Waals surface area contributed by atoms with Gasteiger partial charge in [-0.1, -0.05) is 12.1 Å². The number of carbonyl (C=O) groups is 1. The van der Waals surface area contributed by atoms with Gasteiger partial charge in [-0.2, -0.15) is 17.6 Å². The van der Waals surface area contributed by atoms with E-state index in [9.17, 15) is 23.1 Å². The molecule has 0 saturated carbocycles. The quantitative estimate of drug-likeness (QED) is 0.470. The molecule has 4 N–H and O–H groups in total. The number of rotatable bonds is 7. The average molecular weight is 527 g/mol. The second-order valence-corrected chi connectivity index (χ2v) is 9.49. The van der Waals surface area contributed by atoms with E-state index in [0.717, 1.165) is 12.1 Å². The fraction of sp³-hybridized carbons (Fsp3) is 0.542. The molecule has 0 bridgehead atoms. The number of alkyl halides is 3. The van der Waals surface area contributed by atoms with Crippen molar-refractivity contribution in [3.63, 3.8) is 0 Å². The van der Waals surface area contributed by atoms with E-state index in [1.165, 1.54) is 12.4 Å². The number of nitrogens with zero attached hydrogens (tertiary/aromatic N) is 4. The van der Waals surface area contributed by atoms with Gasteiger partial charge in [-0.3, -0.25) is 9.69 Å². The highest BCUT2D eigenvalue weighted by Crippen LogP contribution is 2.37. The van der Waals surface area contributed by atoms with Gasteiger partial charge < -0.3 is 25.8 Å². The van der Waals surface area contributed by atoms with Crippen molar-refractivity contribution in [1.29, 1.82) is 0 Å². The van der Waals surface area contributed by atoms with Gasteiger partial charge in [0, 0.05) is 19.0 Å². The molecule has 1 aromatic carbocycles. The van der Waals surface area contributed by atoms with Gasteiger partial charge in [-0.25, -0.2) is 9.97 Å². The molecule has 2 aromatic rings. The Kier molecular flexibility index (Phi) is 8.14. The molecule has 0 spiro atoms. The van der Waals surface area contributed by atoms with Gasteiger partial charge in [-0.05, 0) is 37.6 Å². The second kappa shape index (κ2) is 11.2. The molecule has 1 amide bonds. The van der Waals surface area contributed by atoms with Crippen LogP contribution in [0.15, 0.2) is 30.6 Å². The van der Waals surface area contributed by atoms with E-state index in [2.05, 4.69) is 15.3 Å². The number of hydrogen-bond donors (Lipinski definition) is 3. The average Bonchev–Trinajstić information content (AvgIpc) is 2.84. The smallest absolute Gasteiger partial charge is 0.391 e. The number of carbonyl (C=O) groups excluding carboxylic acids is 1. The van der Waals surface area contributed by atoms with Crippen LogP contribution in [0.4, 0.5) is 29.2 Å². The SMILES string of the molecule is CC1COCC(c2cccc(C(F)(F)F)c2)N1c1ncnc(NCC2CCN(CC(N)=O)CC2O)c1F. The number of piperidine rings is 1. The number of β-amino-alcohol motifs (C(OH)–C–C–N with tert-alkyl or cyclic N) is 1. The fourth-order valence-electron chi connectivity index (χ4n) is 4.89. The Labute approximate surface area is 211 Å². The molecule has 4 unspecified atom stereocenters. The molecule has 2 fully saturated rings. The van der Waals surface area contributed by atoms with E-state index in [1.807, 2.05) is 0 Å². The Morgan fingerprint density at radius 1 is 1.30 bits per heavy atom. The lowest BCUT2D eigenvalue weighted by atomic mass is 9.93. The lowest BCUT2D eigenvalue weighted by molar-refractivity contribution is -0.137. The summed E-state index contributed by atoms with van der Waals surface area (Å²) in [7, 11) is 0. The minimum atomic E-state index is -4.51. The topological polar surface area (TPSA) is 117 Å². The first-order chi connectivity index (χ1) is 17.5. The maximum Gasteiger partial charge on any atom is 0.416 e.